The standard InChI is InChI=1S/C23H20N4O2S/c1-14(28)27-8-7-15-3-5-18(11-21(15)27)25-23-26-20-6-4-16(10-22(20)30-23)17-9-19(29-2)13-24-12-17/h3-6,9-13H,7-8H2,1-2H3,(H,25,26). The van der Waals surface area contributed by atoms with Crippen LogP contribution in [0.2, 0.25) is 0 Å². The van der Waals surface area contributed by atoms with Crippen LogP contribution < -0.4 is 15.0 Å². The maximum absolute atomic E-state index is 11.9. The molecule has 2 aromatic carbocycles. The Morgan fingerprint density at radius 2 is 2.03 bits per heavy atom. The number of carbonyl (C=O) groups is 1. The van der Waals surface area contributed by atoms with Crippen LogP contribution in [-0.2, 0) is 11.2 Å². The van der Waals surface area contributed by atoms with E-state index in [1.54, 1.807) is 31.6 Å². The number of anilines is 3. The average Bonchev–Trinajstić information content (AvgIpc) is 3.36. The normalized spacial score (nSPS) is 12.8. The van der Waals surface area contributed by atoms with E-state index in [1.807, 2.05) is 41.4 Å². The van der Waals surface area contributed by atoms with Gasteiger partial charge in [-0.1, -0.05) is 23.5 Å². The van der Waals surface area contributed by atoms with Gasteiger partial charge in [0, 0.05) is 36.6 Å². The van der Waals surface area contributed by atoms with E-state index in [0.717, 1.165) is 56.6 Å². The molecule has 5 rings (SSSR count). The summed E-state index contributed by atoms with van der Waals surface area (Å²) in [5.41, 5.74) is 6.13. The fourth-order valence-corrected chi connectivity index (χ4v) is 4.68. The van der Waals surface area contributed by atoms with Crippen molar-refractivity contribution in [2.75, 3.05) is 23.9 Å². The van der Waals surface area contributed by atoms with Gasteiger partial charge >= 0.3 is 0 Å². The Morgan fingerprint density at radius 3 is 2.87 bits per heavy atom. The van der Waals surface area contributed by atoms with Crippen molar-refractivity contribution >= 4 is 44.0 Å². The Hall–Kier alpha value is -3.45. The minimum atomic E-state index is 0.0745. The van der Waals surface area contributed by atoms with Gasteiger partial charge in [0.25, 0.3) is 0 Å². The van der Waals surface area contributed by atoms with Crippen LogP contribution in [0.1, 0.15) is 12.5 Å². The highest BCUT2D eigenvalue weighted by Crippen LogP contribution is 2.35. The molecule has 0 radical (unpaired) electrons. The van der Waals surface area contributed by atoms with Crippen LogP contribution in [-0.4, -0.2) is 29.5 Å². The molecule has 4 aromatic rings. The van der Waals surface area contributed by atoms with Gasteiger partial charge < -0.3 is 15.0 Å². The fraction of sp³-hybridized carbons (Fsp3) is 0.174. The van der Waals surface area contributed by atoms with Crippen LogP contribution in [0.25, 0.3) is 21.3 Å². The van der Waals surface area contributed by atoms with Crippen LogP contribution in [0.3, 0.4) is 0 Å². The lowest BCUT2D eigenvalue weighted by Gasteiger charge is -2.15. The maximum atomic E-state index is 11.9. The second kappa shape index (κ2) is 7.42. The van der Waals surface area contributed by atoms with Crippen molar-refractivity contribution in [1.82, 2.24) is 9.97 Å². The number of amides is 1. The molecule has 0 bridgehead atoms. The third kappa shape index (κ3) is 3.37. The summed E-state index contributed by atoms with van der Waals surface area (Å²) >= 11 is 1.60. The molecule has 7 heteroatoms. The Labute approximate surface area is 178 Å². The highest BCUT2D eigenvalue weighted by atomic mass is 32.1. The van der Waals surface area contributed by atoms with Crippen LogP contribution in [0, 0.1) is 0 Å². The topological polar surface area (TPSA) is 67.4 Å². The van der Waals surface area contributed by atoms with E-state index in [0.29, 0.717) is 0 Å². The van der Waals surface area contributed by atoms with Gasteiger partial charge in [-0.05, 0) is 47.9 Å². The lowest BCUT2D eigenvalue weighted by molar-refractivity contribution is -0.116. The Balaban J connectivity index is 1.43. The molecule has 3 heterocycles. The highest BCUT2D eigenvalue weighted by molar-refractivity contribution is 7.22. The number of ether oxygens (including phenoxy) is 1. The summed E-state index contributed by atoms with van der Waals surface area (Å²) in [6, 6.07) is 14.3. The van der Waals surface area contributed by atoms with Gasteiger partial charge in [-0.25, -0.2) is 4.98 Å². The van der Waals surface area contributed by atoms with Crippen LogP contribution in [0.5, 0.6) is 5.75 Å². The molecule has 0 saturated carbocycles. The number of rotatable bonds is 4. The molecule has 0 spiro atoms. The van der Waals surface area contributed by atoms with E-state index in [1.165, 1.54) is 5.56 Å². The summed E-state index contributed by atoms with van der Waals surface area (Å²) < 4.78 is 6.37. The molecule has 30 heavy (non-hydrogen) atoms. The number of hydrogen-bond acceptors (Lipinski definition) is 6. The molecule has 0 aliphatic carbocycles. The van der Waals surface area contributed by atoms with Crippen molar-refractivity contribution in [1.29, 1.82) is 0 Å². The molecule has 2 aromatic heterocycles. The SMILES string of the molecule is COc1cncc(-c2ccc3nc(Nc4ccc5c(c4)N(C(C)=O)CC5)sc3c2)c1. The largest absolute Gasteiger partial charge is 0.495 e. The minimum Gasteiger partial charge on any atom is -0.495 e. The monoisotopic (exact) mass is 416 g/mol. The van der Waals surface area contributed by atoms with Gasteiger partial charge in [0.05, 0.1) is 23.5 Å². The number of benzene rings is 2. The Bertz CT molecular complexity index is 1270. The molecule has 1 aliphatic rings. The predicted molar refractivity (Wildman–Crippen MR) is 121 cm³/mol. The predicted octanol–water partition coefficient (Wildman–Crippen LogP) is 5.02. The smallest absolute Gasteiger partial charge is 0.223 e. The summed E-state index contributed by atoms with van der Waals surface area (Å²) in [7, 11) is 1.64. The molecule has 1 aliphatic heterocycles. The van der Waals surface area contributed by atoms with E-state index in [4.69, 9.17) is 9.72 Å². The lowest BCUT2D eigenvalue weighted by atomic mass is 10.1. The van der Waals surface area contributed by atoms with Gasteiger partial charge in [-0.2, -0.15) is 0 Å². The van der Waals surface area contributed by atoms with Gasteiger partial charge in [0.15, 0.2) is 5.13 Å². The number of nitrogens with one attached hydrogen (secondary N) is 1. The molecule has 0 saturated heterocycles. The van der Waals surface area contributed by atoms with Crippen LogP contribution in [0.4, 0.5) is 16.5 Å². The second-order valence-electron chi connectivity index (χ2n) is 7.20. The van der Waals surface area contributed by atoms with Crippen molar-refractivity contribution in [3.05, 3.63) is 60.4 Å². The molecule has 0 atom stereocenters. The first-order valence-electron chi connectivity index (χ1n) is 9.69. The molecule has 150 valence electrons. The number of pyridine rings is 1. The number of methoxy groups -OCH3 is 1. The van der Waals surface area contributed by atoms with Crippen molar-refractivity contribution in [2.24, 2.45) is 0 Å². The number of nitrogens with zero attached hydrogens (tertiary/aromatic N) is 3. The number of aromatic nitrogens is 2. The zero-order valence-electron chi connectivity index (χ0n) is 16.7. The molecule has 1 N–H and O–H groups in total. The molecule has 0 fully saturated rings. The minimum absolute atomic E-state index is 0.0745. The fourth-order valence-electron chi connectivity index (χ4n) is 3.75. The number of thiazole rings is 1. The third-order valence-electron chi connectivity index (χ3n) is 5.28. The number of hydrogen-bond donors (Lipinski definition) is 1. The molecular formula is C23H20N4O2S. The van der Waals surface area contributed by atoms with Gasteiger partial charge in [0.2, 0.25) is 5.91 Å². The zero-order chi connectivity index (χ0) is 20.7. The van der Waals surface area contributed by atoms with Crippen molar-refractivity contribution in [3.8, 4) is 16.9 Å². The number of carbonyl (C=O) groups excluding carboxylic acids is 1. The van der Waals surface area contributed by atoms with Gasteiger partial charge in [-0.15, -0.1) is 0 Å². The molecule has 0 unspecified atom stereocenters. The summed E-state index contributed by atoms with van der Waals surface area (Å²) in [5, 5.41) is 4.21. The summed E-state index contributed by atoms with van der Waals surface area (Å²) in [4.78, 5) is 22.6. The van der Waals surface area contributed by atoms with E-state index >= 15 is 0 Å². The summed E-state index contributed by atoms with van der Waals surface area (Å²) in [6.45, 7) is 2.36. The van der Waals surface area contributed by atoms with E-state index < -0.39 is 0 Å². The first kappa shape index (κ1) is 18.6. The maximum Gasteiger partial charge on any atom is 0.223 e. The summed E-state index contributed by atoms with van der Waals surface area (Å²) in [5.74, 6) is 0.806. The van der Waals surface area contributed by atoms with Crippen LogP contribution >= 0.6 is 11.3 Å². The van der Waals surface area contributed by atoms with E-state index in [2.05, 4.69) is 22.4 Å². The number of fused-ring (bicyclic) bond motifs is 2. The molecule has 6 nitrogen and oxygen atoms in total. The Kier molecular flexibility index (Phi) is 4.59. The highest BCUT2D eigenvalue weighted by Gasteiger charge is 2.22. The van der Waals surface area contributed by atoms with Crippen LogP contribution in [0.15, 0.2) is 54.9 Å². The van der Waals surface area contributed by atoms with Gasteiger partial charge in [-0.3, -0.25) is 9.78 Å². The van der Waals surface area contributed by atoms with E-state index in [9.17, 15) is 4.79 Å². The molecule has 1 amide bonds. The van der Waals surface area contributed by atoms with Crippen molar-refractivity contribution < 1.29 is 9.53 Å². The first-order chi connectivity index (χ1) is 14.6. The molecular weight excluding hydrogens is 396 g/mol. The second-order valence-corrected chi connectivity index (χ2v) is 8.23. The average molecular weight is 417 g/mol. The third-order valence-corrected chi connectivity index (χ3v) is 6.22. The quantitative estimate of drug-likeness (QED) is 0.506. The summed E-state index contributed by atoms with van der Waals surface area (Å²) in [6.07, 6.45) is 4.42. The van der Waals surface area contributed by atoms with Crippen molar-refractivity contribution in [3.63, 3.8) is 0 Å². The lowest BCUT2D eigenvalue weighted by Crippen LogP contribution is -2.25. The van der Waals surface area contributed by atoms with Crippen molar-refractivity contribution in [2.45, 2.75) is 13.3 Å². The Morgan fingerprint density at radius 1 is 1.13 bits per heavy atom. The first-order valence-corrected chi connectivity index (χ1v) is 10.5. The van der Waals surface area contributed by atoms with E-state index in [-0.39, 0.29) is 5.91 Å². The van der Waals surface area contributed by atoms with Gasteiger partial charge in [0.1, 0.15) is 5.75 Å². The zero-order valence-corrected chi connectivity index (χ0v) is 17.5.